The molecule has 1 N–H and O–H groups in total. The van der Waals surface area contributed by atoms with Crippen LogP contribution in [0.5, 0.6) is 0 Å². The Hall–Kier alpha value is -2.06. The summed E-state index contributed by atoms with van der Waals surface area (Å²) in [5.41, 5.74) is 2.75. The molecule has 0 heterocycles. The molecule has 19 heavy (non-hydrogen) atoms. The zero-order chi connectivity index (χ0) is 13.8. The Kier molecular flexibility index (Phi) is 4.03. The number of carboxylic acid groups (broad SMARTS) is 1. The molecule has 0 radical (unpaired) electrons. The molecule has 0 unspecified atom stereocenters. The summed E-state index contributed by atoms with van der Waals surface area (Å²) in [6.07, 6.45) is 1.67. The average Bonchev–Trinajstić information content (AvgIpc) is 2.37. The summed E-state index contributed by atoms with van der Waals surface area (Å²) in [7, 11) is 0. The number of hydrogen-bond acceptors (Lipinski definition) is 1. The van der Waals surface area contributed by atoms with E-state index >= 15 is 0 Å². The van der Waals surface area contributed by atoms with E-state index in [0.29, 0.717) is 10.6 Å². The van der Waals surface area contributed by atoms with E-state index in [4.69, 9.17) is 11.6 Å². The fraction of sp³-hybridized carbons (Fsp3) is 0.0625. The number of rotatable bonds is 3. The first-order valence-electron chi connectivity index (χ1n) is 5.84. The Labute approximate surface area is 117 Å². The second-order valence-corrected chi connectivity index (χ2v) is 4.67. The number of aliphatic carboxylic acids is 1. The highest BCUT2D eigenvalue weighted by Crippen LogP contribution is 2.22. The maximum atomic E-state index is 11.4. The van der Waals surface area contributed by atoms with E-state index in [9.17, 15) is 9.90 Å². The molecule has 96 valence electrons. The van der Waals surface area contributed by atoms with E-state index in [1.54, 1.807) is 30.3 Å². The number of hydrogen-bond donors (Lipinski definition) is 1. The fourth-order valence-corrected chi connectivity index (χ4v) is 2.02. The molecule has 0 bridgehead atoms. The van der Waals surface area contributed by atoms with Gasteiger partial charge >= 0.3 is 5.97 Å². The van der Waals surface area contributed by atoms with Gasteiger partial charge < -0.3 is 5.11 Å². The largest absolute Gasteiger partial charge is 0.478 e. The van der Waals surface area contributed by atoms with Crippen molar-refractivity contribution in [3.05, 3.63) is 70.2 Å². The third kappa shape index (κ3) is 3.24. The van der Waals surface area contributed by atoms with Gasteiger partial charge in [0.25, 0.3) is 0 Å². The molecule has 2 aromatic rings. The standard InChI is InChI=1S/C16H13ClO2/c1-11-5-2-3-6-12(11)10-15(16(18)19)13-7-4-8-14(17)9-13/h2-10H,1H3,(H,18,19)/b15-10+. The van der Waals surface area contributed by atoms with Crippen LogP contribution in [0.2, 0.25) is 5.02 Å². The lowest BCUT2D eigenvalue weighted by atomic mass is 10.0. The summed E-state index contributed by atoms with van der Waals surface area (Å²) in [5.74, 6) is -0.967. The van der Waals surface area contributed by atoms with Gasteiger partial charge in [-0.25, -0.2) is 4.79 Å². The minimum atomic E-state index is -0.967. The molecular weight excluding hydrogens is 260 g/mol. The number of halogens is 1. The van der Waals surface area contributed by atoms with E-state index in [1.165, 1.54) is 0 Å². The molecular formula is C16H13ClO2. The molecule has 3 heteroatoms. The lowest BCUT2D eigenvalue weighted by Crippen LogP contribution is -2.00. The predicted octanol–water partition coefficient (Wildman–Crippen LogP) is 4.27. The first kappa shape index (κ1) is 13.4. The Morgan fingerprint density at radius 2 is 1.89 bits per heavy atom. The first-order chi connectivity index (χ1) is 9.08. The second-order valence-electron chi connectivity index (χ2n) is 4.23. The summed E-state index contributed by atoms with van der Waals surface area (Å²) in [4.78, 5) is 11.4. The third-order valence-corrected chi connectivity index (χ3v) is 3.09. The summed E-state index contributed by atoms with van der Waals surface area (Å²) in [6, 6.07) is 14.5. The molecule has 0 aliphatic heterocycles. The van der Waals surface area contributed by atoms with Gasteiger partial charge in [0.15, 0.2) is 0 Å². The first-order valence-corrected chi connectivity index (χ1v) is 6.22. The number of carbonyl (C=O) groups is 1. The molecule has 0 atom stereocenters. The lowest BCUT2D eigenvalue weighted by Gasteiger charge is -2.05. The Morgan fingerprint density at radius 1 is 1.16 bits per heavy atom. The molecule has 0 fully saturated rings. The van der Waals surface area contributed by atoms with Crippen molar-refractivity contribution < 1.29 is 9.90 Å². The zero-order valence-corrected chi connectivity index (χ0v) is 11.2. The van der Waals surface area contributed by atoms with Crippen molar-refractivity contribution in [3.63, 3.8) is 0 Å². The van der Waals surface area contributed by atoms with Crippen LogP contribution in [0.4, 0.5) is 0 Å². The van der Waals surface area contributed by atoms with E-state index in [1.807, 2.05) is 31.2 Å². The smallest absolute Gasteiger partial charge is 0.336 e. The average molecular weight is 273 g/mol. The normalized spacial score (nSPS) is 11.4. The predicted molar refractivity (Wildman–Crippen MR) is 78.1 cm³/mol. The molecule has 0 amide bonds. The molecule has 0 aliphatic carbocycles. The highest BCUT2D eigenvalue weighted by molar-refractivity contribution is 6.31. The second kappa shape index (κ2) is 5.72. The Bertz CT molecular complexity index is 645. The minimum absolute atomic E-state index is 0.233. The van der Waals surface area contributed by atoms with Gasteiger partial charge in [-0.05, 0) is 41.8 Å². The quantitative estimate of drug-likeness (QED) is 0.669. The molecule has 0 saturated carbocycles. The Balaban J connectivity index is 2.53. The van der Waals surface area contributed by atoms with Gasteiger partial charge in [-0.2, -0.15) is 0 Å². The van der Waals surface area contributed by atoms with Gasteiger partial charge in [0.05, 0.1) is 5.57 Å². The van der Waals surface area contributed by atoms with Crippen molar-refractivity contribution in [2.75, 3.05) is 0 Å². The summed E-state index contributed by atoms with van der Waals surface area (Å²) < 4.78 is 0. The summed E-state index contributed by atoms with van der Waals surface area (Å²) in [5, 5.41) is 9.88. The fourth-order valence-electron chi connectivity index (χ4n) is 1.83. The van der Waals surface area contributed by atoms with Gasteiger partial charge in [-0.3, -0.25) is 0 Å². The van der Waals surface area contributed by atoms with E-state index < -0.39 is 5.97 Å². The third-order valence-electron chi connectivity index (χ3n) is 2.85. The highest BCUT2D eigenvalue weighted by Gasteiger charge is 2.11. The molecule has 0 spiro atoms. The number of benzene rings is 2. The van der Waals surface area contributed by atoms with Crippen LogP contribution in [-0.4, -0.2) is 11.1 Å². The van der Waals surface area contributed by atoms with Crippen molar-refractivity contribution in [1.29, 1.82) is 0 Å². The van der Waals surface area contributed by atoms with Crippen molar-refractivity contribution in [2.45, 2.75) is 6.92 Å². The molecule has 0 saturated heterocycles. The number of carboxylic acids is 1. The van der Waals surface area contributed by atoms with Gasteiger partial charge in [0, 0.05) is 5.02 Å². The molecule has 0 aromatic heterocycles. The molecule has 0 aliphatic rings. The van der Waals surface area contributed by atoms with Gasteiger partial charge in [-0.15, -0.1) is 0 Å². The summed E-state index contributed by atoms with van der Waals surface area (Å²) in [6.45, 7) is 1.95. The lowest BCUT2D eigenvalue weighted by molar-refractivity contribution is -0.130. The van der Waals surface area contributed by atoms with Crippen molar-refractivity contribution >= 4 is 29.2 Å². The van der Waals surface area contributed by atoms with E-state index in [-0.39, 0.29) is 5.57 Å². The van der Waals surface area contributed by atoms with Crippen LogP contribution in [0.25, 0.3) is 11.6 Å². The van der Waals surface area contributed by atoms with Crippen LogP contribution in [0.15, 0.2) is 48.5 Å². The van der Waals surface area contributed by atoms with Gasteiger partial charge in [0.1, 0.15) is 0 Å². The topological polar surface area (TPSA) is 37.3 Å². The number of aryl methyl sites for hydroxylation is 1. The van der Waals surface area contributed by atoms with Crippen LogP contribution >= 0.6 is 11.6 Å². The van der Waals surface area contributed by atoms with Crippen LogP contribution < -0.4 is 0 Å². The van der Waals surface area contributed by atoms with Crippen molar-refractivity contribution in [2.24, 2.45) is 0 Å². The minimum Gasteiger partial charge on any atom is -0.478 e. The maximum absolute atomic E-state index is 11.4. The maximum Gasteiger partial charge on any atom is 0.336 e. The van der Waals surface area contributed by atoms with E-state index in [0.717, 1.165) is 11.1 Å². The zero-order valence-electron chi connectivity index (χ0n) is 10.4. The highest BCUT2D eigenvalue weighted by atomic mass is 35.5. The molecule has 2 nitrogen and oxygen atoms in total. The molecule has 2 rings (SSSR count). The van der Waals surface area contributed by atoms with E-state index in [2.05, 4.69) is 0 Å². The van der Waals surface area contributed by atoms with Crippen LogP contribution in [0.3, 0.4) is 0 Å². The van der Waals surface area contributed by atoms with Crippen LogP contribution in [0.1, 0.15) is 16.7 Å². The van der Waals surface area contributed by atoms with Crippen molar-refractivity contribution in [1.82, 2.24) is 0 Å². The van der Waals surface area contributed by atoms with Gasteiger partial charge in [-0.1, -0.05) is 48.0 Å². The summed E-state index contributed by atoms with van der Waals surface area (Å²) >= 11 is 5.91. The van der Waals surface area contributed by atoms with Gasteiger partial charge in [0.2, 0.25) is 0 Å². The monoisotopic (exact) mass is 272 g/mol. The molecule has 2 aromatic carbocycles. The van der Waals surface area contributed by atoms with Crippen LogP contribution in [-0.2, 0) is 4.79 Å². The van der Waals surface area contributed by atoms with Crippen molar-refractivity contribution in [3.8, 4) is 0 Å². The Morgan fingerprint density at radius 3 is 2.53 bits per heavy atom. The van der Waals surface area contributed by atoms with Crippen LogP contribution in [0, 0.1) is 6.92 Å². The SMILES string of the molecule is Cc1ccccc1/C=C(/C(=O)O)c1cccc(Cl)c1.